The largest absolute Gasteiger partial charge is 0.331 e. The summed E-state index contributed by atoms with van der Waals surface area (Å²) in [6, 6.07) is 19.0. The number of carbonyl (C=O) groups excluding carboxylic acids is 2. The molecule has 7 nitrogen and oxygen atoms in total. The average Bonchev–Trinajstić information content (AvgIpc) is 2.73. The molecule has 0 fully saturated rings. The summed E-state index contributed by atoms with van der Waals surface area (Å²) >= 11 is 0. The molecule has 0 heterocycles. The van der Waals surface area contributed by atoms with E-state index in [1.807, 2.05) is 42.5 Å². The molecule has 0 unspecified atom stereocenters. The lowest BCUT2D eigenvalue weighted by molar-refractivity contribution is -0.116. The Morgan fingerprint density at radius 2 is 1.61 bits per heavy atom. The predicted octanol–water partition coefficient (Wildman–Crippen LogP) is 3.58. The molecule has 3 amide bonds. The second kappa shape index (κ2) is 9.18. The molecule has 0 saturated carbocycles. The van der Waals surface area contributed by atoms with E-state index in [0.717, 1.165) is 22.6 Å². The number of amides is 3. The molecule has 0 aromatic heterocycles. The third-order valence-corrected chi connectivity index (χ3v) is 6.07. The molecule has 2 N–H and O–H groups in total. The van der Waals surface area contributed by atoms with Gasteiger partial charge in [0.05, 0.1) is 10.9 Å². The second-order valence-electron chi connectivity index (χ2n) is 7.44. The van der Waals surface area contributed by atoms with Crippen LogP contribution in [0.25, 0.3) is 10.8 Å². The first-order chi connectivity index (χ1) is 14.6. The summed E-state index contributed by atoms with van der Waals surface area (Å²) in [5.74, 6) is -0.306. The Bertz CT molecular complexity index is 1200. The van der Waals surface area contributed by atoms with Crippen molar-refractivity contribution < 1.29 is 18.0 Å². The SMILES string of the molecule is C[C@H](NC(=O)N(C)CC(=O)Nc1cccc2ccccc12)c1ccc(S(C)(=O)=O)cc1. The van der Waals surface area contributed by atoms with Gasteiger partial charge in [-0.05, 0) is 36.1 Å². The third-order valence-electron chi connectivity index (χ3n) is 4.94. The van der Waals surface area contributed by atoms with E-state index in [-0.39, 0.29) is 23.4 Å². The predicted molar refractivity (Wildman–Crippen MR) is 122 cm³/mol. The van der Waals surface area contributed by atoms with E-state index in [9.17, 15) is 18.0 Å². The van der Waals surface area contributed by atoms with Gasteiger partial charge in [-0.1, -0.05) is 48.5 Å². The van der Waals surface area contributed by atoms with Crippen molar-refractivity contribution >= 4 is 38.2 Å². The molecule has 0 aliphatic carbocycles. The van der Waals surface area contributed by atoms with E-state index in [1.54, 1.807) is 19.1 Å². The van der Waals surface area contributed by atoms with Crippen molar-refractivity contribution in [1.29, 1.82) is 0 Å². The summed E-state index contributed by atoms with van der Waals surface area (Å²) in [7, 11) is -1.74. The van der Waals surface area contributed by atoms with Crippen LogP contribution in [0.3, 0.4) is 0 Å². The summed E-state index contributed by atoms with van der Waals surface area (Å²) in [5, 5.41) is 7.61. The molecular formula is C23H25N3O4S. The molecule has 8 heteroatoms. The quantitative estimate of drug-likeness (QED) is 0.614. The van der Waals surface area contributed by atoms with Gasteiger partial charge in [-0.3, -0.25) is 4.79 Å². The fourth-order valence-corrected chi connectivity index (χ4v) is 3.82. The summed E-state index contributed by atoms with van der Waals surface area (Å²) in [4.78, 5) is 26.5. The van der Waals surface area contributed by atoms with Crippen molar-refractivity contribution in [2.24, 2.45) is 0 Å². The lowest BCUT2D eigenvalue weighted by atomic mass is 10.1. The van der Waals surface area contributed by atoms with Crippen molar-refractivity contribution in [3.05, 3.63) is 72.3 Å². The smallest absolute Gasteiger partial charge is 0.318 e. The fourth-order valence-electron chi connectivity index (χ4n) is 3.19. The Morgan fingerprint density at radius 3 is 2.29 bits per heavy atom. The zero-order chi connectivity index (χ0) is 22.6. The fraction of sp³-hybridized carbons (Fsp3) is 0.217. The van der Waals surface area contributed by atoms with Crippen LogP contribution in [0.4, 0.5) is 10.5 Å². The van der Waals surface area contributed by atoms with Crippen LogP contribution in [0.15, 0.2) is 71.6 Å². The van der Waals surface area contributed by atoms with Crippen LogP contribution >= 0.6 is 0 Å². The number of likely N-dealkylation sites (N-methyl/N-ethyl adjacent to an activating group) is 1. The maximum atomic E-state index is 12.5. The highest BCUT2D eigenvalue weighted by atomic mass is 32.2. The van der Waals surface area contributed by atoms with Crippen molar-refractivity contribution in [2.75, 3.05) is 25.2 Å². The van der Waals surface area contributed by atoms with Gasteiger partial charge in [-0.25, -0.2) is 13.2 Å². The average molecular weight is 440 g/mol. The summed E-state index contributed by atoms with van der Waals surface area (Å²) < 4.78 is 23.1. The first-order valence-electron chi connectivity index (χ1n) is 9.74. The molecule has 0 bridgehead atoms. The lowest BCUT2D eigenvalue weighted by Gasteiger charge is -2.21. The van der Waals surface area contributed by atoms with Crippen LogP contribution in [-0.4, -0.2) is 45.1 Å². The summed E-state index contributed by atoms with van der Waals surface area (Å²) in [6.07, 6.45) is 1.14. The van der Waals surface area contributed by atoms with Gasteiger partial charge in [0, 0.05) is 24.4 Å². The minimum atomic E-state index is -3.27. The molecule has 0 radical (unpaired) electrons. The topological polar surface area (TPSA) is 95.6 Å². The van der Waals surface area contributed by atoms with Crippen molar-refractivity contribution in [2.45, 2.75) is 17.9 Å². The highest BCUT2D eigenvalue weighted by Crippen LogP contribution is 2.23. The van der Waals surface area contributed by atoms with Crippen LogP contribution in [-0.2, 0) is 14.6 Å². The maximum absolute atomic E-state index is 12.5. The number of urea groups is 1. The first-order valence-corrected chi connectivity index (χ1v) is 11.6. The molecular weight excluding hydrogens is 414 g/mol. The van der Waals surface area contributed by atoms with Gasteiger partial charge in [0.1, 0.15) is 6.54 Å². The first kappa shape index (κ1) is 22.3. The molecule has 0 aliphatic rings. The Morgan fingerprint density at radius 1 is 0.968 bits per heavy atom. The molecule has 0 saturated heterocycles. The lowest BCUT2D eigenvalue weighted by Crippen LogP contribution is -2.42. The molecule has 1 atom stereocenters. The van der Waals surface area contributed by atoms with Gasteiger partial charge in [0.15, 0.2) is 9.84 Å². The molecule has 0 spiro atoms. The Hall–Kier alpha value is -3.39. The molecule has 31 heavy (non-hydrogen) atoms. The minimum Gasteiger partial charge on any atom is -0.331 e. The minimum absolute atomic E-state index is 0.116. The molecule has 3 aromatic carbocycles. The zero-order valence-electron chi connectivity index (χ0n) is 17.6. The number of hydrogen-bond donors (Lipinski definition) is 2. The third kappa shape index (κ3) is 5.61. The maximum Gasteiger partial charge on any atom is 0.318 e. The number of hydrogen-bond acceptors (Lipinski definition) is 4. The van der Waals surface area contributed by atoms with E-state index >= 15 is 0 Å². The number of nitrogens with zero attached hydrogens (tertiary/aromatic N) is 1. The highest BCUT2D eigenvalue weighted by Gasteiger charge is 2.17. The normalized spacial score (nSPS) is 12.2. The summed E-state index contributed by atoms with van der Waals surface area (Å²) in [6.45, 7) is 1.67. The molecule has 3 rings (SSSR count). The number of anilines is 1. The van der Waals surface area contributed by atoms with Gasteiger partial charge < -0.3 is 15.5 Å². The van der Waals surface area contributed by atoms with Crippen LogP contribution < -0.4 is 10.6 Å². The van der Waals surface area contributed by atoms with E-state index in [0.29, 0.717) is 5.69 Å². The van der Waals surface area contributed by atoms with E-state index in [4.69, 9.17) is 0 Å². The van der Waals surface area contributed by atoms with Crippen LogP contribution in [0.2, 0.25) is 0 Å². The number of benzene rings is 3. The molecule has 0 aliphatic heterocycles. The summed E-state index contributed by atoms with van der Waals surface area (Å²) in [5.41, 5.74) is 1.45. The van der Waals surface area contributed by atoms with Crippen LogP contribution in [0.5, 0.6) is 0 Å². The zero-order valence-corrected chi connectivity index (χ0v) is 18.4. The Labute approximate surface area is 182 Å². The molecule has 3 aromatic rings. The van der Waals surface area contributed by atoms with Crippen molar-refractivity contribution in [1.82, 2.24) is 10.2 Å². The number of carbonyl (C=O) groups is 2. The van der Waals surface area contributed by atoms with E-state index in [1.165, 1.54) is 24.1 Å². The van der Waals surface area contributed by atoms with Crippen molar-refractivity contribution in [3.8, 4) is 0 Å². The number of sulfone groups is 1. The standard InChI is InChI=1S/C23H25N3O4S/c1-16(17-11-13-19(14-12-17)31(3,29)30)24-23(28)26(2)15-22(27)25-21-10-6-8-18-7-4-5-9-20(18)21/h4-14,16H,15H2,1-3H3,(H,24,28)(H,25,27)/t16-/m0/s1. The number of nitrogens with one attached hydrogen (secondary N) is 2. The molecule has 162 valence electrons. The second-order valence-corrected chi connectivity index (χ2v) is 9.46. The number of rotatable bonds is 6. The van der Waals surface area contributed by atoms with Gasteiger partial charge in [-0.15, -0.1) is 0 Å². The van der Waals surface area contributed by atoms with E-state index < -0.39 is 15.9 Å². The van der Waals surface area contributed by atoms with E-state index in [2.05, 4.69) is 10.6 Å². The highest BCUT2D eigenvalue weighted by molar-refractivity contribution is 7.90. The van der Waals surface area contributed by atoms with Gasteiger partial charge in [0.25, 0.3) is 0 Å². The van der Waals surface area contributed by atoms with Gasteiger partial charge in [0.2, 0.25) is 5.91 Å². The van der Waals surface area contributed by atoms with Crippen LogP contribution in [0.1, 0.15) is 18.5 Å². The number of fused-ring (bicyclic) bond motifs is 1. The van der Waals surface area contributed by atoms with Crippen molar-refractivity contribution in [3.63, 3.8) is 0 Å². The van der Waals surface area contributed by atoms with Crippen LogP contribution in [0, 0.1) is 0 Å². The van der Waals surface area contributed by atoms with Gasteiger partial charge >= 0.3 is 6.03 Å². The monoisotopic (exact) mass is 439 g/mol. The Balaban J connectivity index is 1.59. The Kier molecular flexibility index (Phi) is 6.60. The van der Waals surface area contributed by atoms with Gasteiger partial charge in [-0.2, -0.15) is 0 Å².